The standard InChI is InChI=1S/C17H20N2O4/c1-2-22-15-9-13(10-20)5-6-14(15)23-11-16(21)19-17(12-18)7-3-4-8-17/h5-6,9-10H,2-4,7-8,11H2,1H3,(H,19,21). The van der Waals surface area contributed by atoms with Crippen LogP contribution in [-0.2, 0) is 4.79 Å². The minimum atomic E-state index is -0.759. The fraction of sp³-hybridized carbons (Fsp3) is 0.471. The van der Waals surface area contributed by atoms with Crippen LogP contribution in [0, 0.1) is 11.3 Å². The van der Waals surface area contributed by atoms with Crippen LogP contribution in [0.25, 0.3) is 0 Å². The van der Waals surface area contributed by atoms with E-state index in [4.69, 9.17) is 9.47 Å². The van der Waals surface area contributed by atoms with Crippen molar-refractivity contribution in [1.82, 2.24) is 5.32 Å². The Labute approximate surface area is 135 Å². The lowest BCUT2D eigenvalue weighted by Gasteiger charge is -2.22. The molecule has 2 rings (SSSR count). The summed E-state index contributed by atoms with van der Waals surface area (Å²) in [5, 5.41) is 12.0. The molecule has 0 saturated heterocycles. The van der Waals surface area contributed by atoms with Crippen molar-refractivity contribution < 1.29 is 19.1 Å². The van der Waals surface area contributed by atoms with Crippen molar-refractivity contribution in [2.45, 2.75) is 38.1 Å². The van der Waals surface area contributed by atoms with E-state index in [9.17, 15) is 14.9 Å². The number of benzene rings is 1. The van der Waals surface area contributed by atoms with E-state index in [1.165, 1.54) is 0 Å². The Morgan fingerprint density at radius 3 is 2.70 bits per heavy atom. The number of nitrogens with one attached hydrogen (secondary N) is 1. The number of rotatable bonds is 7. The summed E-state index contributed by atoms with van der Waals surface area (Å²) in [5.41, 5.74) is -0.287. The van der Waals surface area contributed by atoms with Crippen molar-refractivity contribution in [3.63, 3.8) is 0 Å². The number of ether oxygens (including phenoxy) is 2. The number of nitriles is 1. The Bertz CT molecular complexity index is 616. The van der Waals surface area contributed by atoms with Crippen LogP contribution in [0.2, 0.25) is 0 Å². The fourth-order valence-corrected chi connectivity index (χ4v) is 2.68. The maximum atomic E-state index is 12.0. The molecule has 1 aliphatic rings. The molecule has 1 aromatic rings. The molecular formula is C17H20N2O4. The highest BCUT2D eigenvalue weighted by molar-refractivity contribution is 5.79. The first-order chi connectivity index (χ1) is 11.1. The molecule has 23 heavy (non-hydrogen) atoms. The summed E-state index contributed by atoms with van der Waals surface area (Å²) in [6.07, 6.45) is 3.95. The Kier molecular flexibility index (Phi) is 5.58. The van der Waals surface area contributed by atoms with Crippen molar-refractivity contribution in [3.05, 3.63) is 23.8 Å². The van der Waals surface area contributed by atoms with E-state index in [1.807, 2.05) is 6.92 Å². The quantitative estimate of drug-likeness (QED) is 0.779. The highest BCUT2D eigenvalue weighted by atomic mass is 16.5. The number of hydrogen-bond acceptors (Lipinski definition) is 5. The normalized spacial score (nSPS) is 15.5. The molecule has 0 heterocycles. The molecule has 0 radical (unpaired) electrons. The van der Waals surface area contributed by atoms with E-state index in [2.05, 4.69) is 11.4 Å². The molecule has 1 N–H and O–H groups in total. The number of amides is 1. The third kappa shape index (κ3) is 4.22. The molecule has 122 valence electrons. The highest BCUT2D eigenvalue weighted by Crippen LogP contribution is 2.30. The zero-order valence-electron chi connectivity index (χ0n) is 13.1. The zero-order valence-corrected chi connectivity index (χ0v) is 13.1. The number of nitrogens with zero attached hydrogens (tertiary/aromatic N) is 1. The Hall–Kier alpha value is -2.55. The second-order valence-electron chi connectivity index (χ2n) is 5.49. The van der Waals surface area contributed by atoms with Crippen LogP contribution in [-0.4, -0.2) is 30.9 Å². The van der Waals surface area contributed by atoms with Crippen molar-refractivity contribution >= 4 is 12.2 Å². The van der Waals surface area contributed by atoms with Gasteiger partial charge in [-0.15, -0.1) is 0 Å². The maximum Gasteiger partial charge on any atom is 0.259 e. The van der Waals surface area contributed by atoms with Crippen molar-refractivity contribution in [2.24, 2.45) is 0 Å². The van der Waals surface area contributed by atoms with Gasteiger partial charge in [0.15, 0.2) is 18.1 Å². The van der Waals surface area contributed by atoms with E-state index >= 15 is 0 Å². The number of hydrogen-bond donors (Lipinski definition) is 1. The van der Waals surface area contributed by atoms with Crippen molar-refractivity contribution in [3.8, 4) is 17.6 Å². The third-order valence-electron chi connectivity index (χ3n) is 3.81. The van der Waals surface area contributed by atoms with Crippen LogP contribution in [0.4, 0.5) is 0 Å². The summed E-state index contributed by atoms with van der Waals surface area (Å²) < 4.78 is 10.9. The van der Waals surface area contributed by atoms with Crippen LogP contribution < -0.4 is 14.8 Å². The second kappa shape index (κ2) is 7.63. The topological polar surface area (TPSA) is 88.4 Å². The maximum absolute atomic E-state index is 12.0. The average molecular weight is 316 g/mol. The van der Waals surface area contributed by atoms with Gasteiger partial charge in [0.05, 0.1) is 12.7 Å². The molecule has 0 bridgehead atoms. The molecule has 1 aromatic carbocycles. The highest BCUT2D eigenvalue weighted by Gasteiger charge is 2.35. The lowest BCUT2D eigenvalue weighted by atomic mass is 10.00. The summed E-state index contributed by atoms with van der Waals surface area (Å²) >= 11 is 0. The molecule has 1 fully saturated rings. The van der Waals surface area contributed by atoms with Gasteiger partial charge in [0.1, 0.15) is 11.8 Å². The van der Waals surface area contributed by atoms with E-state index in [-0.39, 0.29) is 12.5 Å². The third-order valence-corrected chi connectivity index (χ3v) is 3.81. The molecule has 6 nitrogen and oxygen atoms in total. The molecule has 1 amide bonds. The SMILES string of the molecule is CCOc1cc(C=O)ccc1OCC(=O)NC1(C#N)CCCC1. The minimum Gasteiger partial charge on any atom is -0.490 e. The molecule has 0 atom stereocenters. The summed E-state index contributed by atoms with van der Waals surface area (Å²) in [6, 6.07) is 6.96. The van der Waals surface area contributed by atoms with E-state index in [0.29, 0.717) is 36.5 Å². The van der Waals surface area contributed by atoms with Gasteiger partial charge in [-0.05, 0) is 50.8 Å². The van der Waals surface area contributed by atoms with Gasteiger partial charge >= 0.3 is 0 Å². The Morgan fingerprint density at radius 2 is 2.09 bits per heavy atom. The van der Waals surface area contributed by atoms with Gasteiger partial charge in [-0.3, -0.25) is 9.59 Å². The van der Waals surface area contributed by atoms with Crippen LogP contribution in [0.3, 0.4) is 0 Å². The van der Waals surface area contributed by atoms with Gasteiger partial charge in [0.2, 0.25) is 0 Å². The van der Waals surface area contributed by atoms with Gasteiger partial charge in [0.25, 0.3) is 5.91 Å². The first kappa shape index (κ1) is 16.8. The molecule has 0 aliphatic heterocycles. The monoisotopic (exact) mass is 316 g/mol. The van der Waals surface area contributed by atoms with Gasteiger partial charge in [-0.1, -0.05) is 0 Å². The molecule has 0 unspecified atom stereocenters. The Balaban J connectivity index is 1.98. The van der Waals surface area contributed by atoms with E-state index in [0.717, 1.165) is 19.1 Å². The molecular weight excluding hydrogens is 296 g/mol. The summed E-state index contributed by atoms with van der Waals surface area (Å²) in [6.45, 7) is 2.03. The predicted molar refractivity (Wildman–Crippen MR) is 83.4 cm³/mol. The van der Waals surface area contributed by atoms with E-state index < -0.39 is 5.54 Å². The first-order valence-corrected chi connectivity index (χ1v) is 7.69. The molecule has 6 heteroatoms. The Morgan fingerprint density at radius 1 is 1.35 bits per heavy atom. The lowest BCUT2D eigenvalue weighted by molar-refractivity contribution is -0.124. The molecule has 0 spiro atoms. The molecule has 1 aliphatic carbocycles. The van der Waals surface area contributed by atoms with Gasteiger partial charge in [0, 0.05) is 5.56 Å². The summed E-state index contributed by atoms with van der Waals surface area (Å²) in [4.78, 5) is 22.9. The lowest BCUT2D eigenvalue weighted by Crippen LogP contribution is -2.47. The number of aldehydes is 1. The fourth-order valence-electron chi connectivity index (χ4n) is 2.68. The molecule has 0 aromatic heterocycles. The van der Waals surface area contributed by atoms with Crippen LogP contribution >= 0.6 is 0 Å². The number of carbonyl (C=O) groups is 2. The summed E-state index contributed by atoms with van der Waals surface area (Å²) in [5.74, 6) is 0.473. The number of carbonyl (C=O) groups excluding carboxylic acids is 2. The van der Waals surface area contributed by atoms with E-state index in [1.54, 1.807) is 18.2 Å². The first-order valence-electron chi connectivity index (χ1n) is 7.69. The molecule has 1 saturated carbocycles. The van der Waals surface area contributed by atoms with Gasteiger partial charge < -0.3 is 14.8 Å². The van der Waals surface area contributed by atoms with Crippen LogP contribution in [0.1, 0.15) is 43.0 Å². The van der Waals surface area contributed by atoms with Crippen molar-refractivity contribution in [1.29, 1.82) is 5.26 Å². The zero-order chi connectivity index (χ0) is 16.7. The average Bonchev–Trinajstić information content (AvgIpc) is 3.03. The van der Waals surface area contributed by atoms with Gasteiger partial charge in [-0.2, -0.15) is 5.26 Å². The van der Waals surface area contributed by atoms with Crippen molar-refractivity contribution in [2.75, 3.05) is 13.2 Å². The predicted octanol–water partition coefficient (Wildman–Crippen LogP) is 2.23. The minimum absolute atomic E-state index is 0.204. The largest absolute Gasteiger partial charge is 0.490 e. The second-order valence-corrected chi connectivity index (χ2v) is 5.49. The summed E-state index contributed by atoms with van der Waals surface area (Å²) in [7, 11) is 0. The van der Waals surface area contributed by atoms with Crippen LogP contribution in [0.15, 0.2) is 18.2 Å². The van der Waals surface area contributed by atoms with Gasteiger partial charge in [-0.25, -0.2) is 0 Å². The van der Waals surface area contributed by atoms with Crippen LogP contribution in [0.5, 0.6) is 11.5 Å². The smallest absolute Gasteiger partial charge is 0.259 e.